The van der Waals surface area contributed by atoms with Gasteiger partial charge in [0.2, 0.25) is 15.3 Å². The summed E-state index contributed by atoms with van der Waals surface area (Å²) in [6.45, 7) is 1.00. The van der Waals surface area contributed by atoms with E-state index in [4.69, 9.17) is 20.8 Å². The summed E-state index contributed by atoms with van der Waals surface area (Å²) < 4.78 is 90.4. The van der Waals surface area contributed by atoms with E-state index in [1.54, 1.807) is 0 Å². The minimum Gasteiger partial charge on any atom is -0.438 e. The van der Waals surface area contributed by atoms with E-state index in [0.717, 1.165) is 6.07 Å². The van der Waals surface area contributed by atoms with Crippen LogP contribution in [0, 0.1) is 5.82 Å². The maximum Gasteiger partial charge on any atom is 0.390 e. The molecule has 1 aliphatic heterocycles. The van der Waals surface area contributed by atoms with Crippen molar-refractivity contribution in [1.82, 2.24) is 15.0 Å². The molecule has 0 unspecified atom stereocenters. The Morgan fingerprint density at radius 3 is 2.57 bits per heavy atom. The number of nitrogens with zero attached hydrogens (tertiary/aromatic N) is 3. The molecule has 1 aromatic carbocycles. The highest BCUT2D eigenvalue weighted by Gasteiger charge is 2.31. The molecule has 0 aliphatic carbocycles. The Hall–Kier alpha value is -2.77. The molecule has 1 aliphatic rings. The number of aromatic nitrogens is 3. The molecule has 0 atom stereocenters. The predicted molar refractivity (Wildman–Crippen MR) is 119 cm³/mol. The number of benzene rings is 1. The average Bonchev–Trinajstić information content (AvgIpc) is 3.25. The Morgan fingerprint density at radius 1 is 1.14 bits per heavy atom. The van der Waals surface area contributed by atoms with Crippen molar-refractivity contribution in [2.75, 3.05) is 23.7 Å². The van der Waals surface area contributed by atoms with Gasteiger partial charge in [0.25, 0.3) is 0 Å². The van der Waals surface area contributed by atoms with Gasteiger partial charge in [-0.05, 0) is 42.6 Å². The third-order valence-corrected chi connectivity index (χ3v) is 6.70. The number of oxazole rings is 1. The van der Waals surface area contributed by atoms with Gasteiger partial charge in [0, 0.05) is 30.9 Å². The number of hydrogen-bond acceptors (Lipinski definition) is 7. The smallest absolute Gasteiger partial charge is 0.390 e. The second kappa shape index (κ2) is 10.1. The number of anilines is 1. The molecule has 2 aromatic heterocycles. The van der Waals surface area contributed by atoms with E-state index >= 15 is 4.39 Å². The van der Waals surface area contributed by atoms with Crippen molar-refractivity contribution >= 4 is 27.3 Å². The summed E-state index contributed by atoms with van der Waals surface area (Å²) in [5.74, 6) is -1.96. The standard InChI is InChI=1S/C21H19ClF4N4O4S/c22-20-27-8-4-15(28-20)18-17(29-19(34-18)12-5-9-33-10-6-12)13-2-1-3-14(16(13)23)30-35(31,32)11-7-21(24,25)26/h1-4,8,12,30H,5-7,9-11H2. The third-order valence-electron chi connectivity index (χ3n) is 5.25. The first-order valence-electron chi connectivity index (χ1n) is 10.5. The second-order valence-corrected chi connectivity index (χ2v) is 9.96. The molecule has 14 heteroatoms. The first-order chi connectivity index (χ1) is 16.5. The van der Waals surface area contributed by atoms with Crippen LogP contribution in [-0.4, -0.2) is 48.5 Å². The van der Waals surface area contributed by atoms with Crippen LogP contribution in [0.15, 0.2) is 34.9 Å². The molecule has 0 bridgehead atoms. The van der Waals surface area contributed by atoms with Gasteiger partial charge < -0.3 is 9.15 Å². The summed E-state index contributed by atoms with van der Waals surface area (Å²) in [4.78, 5) is 12.4. The number of alkyl halides is 3. The number of ether oxygens (including phenoxy) is 1. The van der Waals surface area contributed by atoms with E-state index < -0.39 is 39.9 Å². The molecule has 1 saturated heterocycles. The molecule has 3 heterocycles. The van der Waals surface area contributed by atoms with E-state index in [1.165, 1.54) is 24.4 Å². The number of hydrogen-bond donors (Lipinski definition) is 1. The maximum absolute atomic E-state index is 15.5. The molecule has 0 spiro atoms. The van der Waals surface area contributed by atoms with Crippen LogP contribution in [0.2, 0.25) is 5.28 Å². The first-order valence-corrected chi connectivity index (χ1v) is 12.5. The van der Waals surface area contributed by atoms with Crippen molar-refractivity contribution in [3.05, 3.63) is 47.5 Å². The van der Waals surface area contributed by atoms with Crippen LogP contribution in [0.3, 0.4) is 0 Å². The molecule has 8 nitrogen and oxygen atoms in total. The minimum atomic E-state index is -4.68. The molecule has 0 radical (unpaired) electrons. The number of rotatable bonds is 7. The summed E-state index contributed by atoms with van der Waals surface area (Å²) in [6.07, 6.45) is -3.60. The monoisotopic (exact) mass is 534 g/mol. The largest absolute Gasteiger partial charge is 0.438 e. The first kappa shape index (κ1) is 25.3. The Bertz CT molecular complexity index is 1310. The Kier molecular flexibility index (Phi) is 7.29. The summed E-state index contributed by atoms with van der Waals surface area (Å²) in [7, 11) is -4.47. The van der Waals surface area contributed by atoms with Crippen LogP contribution in [0.5, 0.6) is 0 Å². The minimum absolute atomic E-state index is 0.0371. The molecule has 1 N–H and O–H groups in total. The Labute approximate surface area is 202 Å². The van der Waals surface area contributed by atoms with Gasteiger partial charge >= 0.3 is 6.18 Å². The molecule has 35 heavy (non-hydrogen) atoms. The lowest BCUT2D eigenvalue weighted by Gasteiger charge is -2.18. The zero-order valence-corrected chi connectivity index (χ0v) is 19.6. The highest BCUT2D eigenvalue weighted by Crippen LogP contribution is 2.39. The van der Waals surface area contributed by atoms with Crippen molar-refractivity contribution < 1.29 is 35.1 Å². The van der Waals surface area contributed by atoms with Gasteiger partial charge in [-0.1, -0.05) is 6.07 Å². The van der Waals surface area contributed by atoms with Crippen LogP contribution >= 0.6 is 11.6 Å². The third kappa shape index (κ3) is 6.27. The van der Waals surface area contributed by atoms with Gasteiger partial charge in [-0.3, -0.25) is 4.72 Å². The van der Waals surface area contributed by atoms with E-state index in [2.05, 4.69) is 15.0 Å². The van der Waals surface area contributed by atoms with Crippen LogP contribution < -0.4 is 4.72 Å². The van der Waals surface area contributed by atoms with Crippen LogP contribution in [0.4, 0.5) is 23.2 Å². The maximum atomic E-state index is 15.5. The summed E-state index contributed by atoms with van der Waals surface area (Å²) >= 11 is 5.91. The summed E-state index contributed by atoms with van der Waals surface area (Å²) in [6, 6.07) is 5.29. The fraction of sp³-hybridized carbons (Fsp3) is 0.381. The Morgan fingerprint density at radius 2 is 1.89 bits per heavy atom. The van der Waals surface area contributed by atoms with E-state index in [0.29, 0.717) is 31.9 Å². The fourth-order valence-corrected chi connectivity index (χ4v) is 4.78. The van der Waals surface area contributed by atoms with Gasteiger partial charge in [-0.25, -0.2) is 27.8 Å². The van der Waals surface area contributed by atoms with E-state index in [-0.39, 0.29) is 33.9 Å². The molecule has 0 saturated carbocycles. The molecule has 188 valence electrons. The van der Waals surface area contributed by atoms with Gasteiger partial charge in [0.15, 0.2) is 17.5 Å². The van der Waals surface area contributed by atoms with Crippen molar-refractivity contribution in [3.8, 4) is 22.7 Å². The molecule has 0 amide bonds. The number of sulfonamides is 1. The van der Waals surface area contributed by atoms with E-state index in [1.807, 2.05) is 4.72 Å². The lowest BCUT2D eigenvalue weighted by molar-refractivity contribution is -0.129. The second-order valence-electron chi connectivity index (χ2n) is 7.78. The topological polar surface area (TPSA) is 107 Å². The molecular formula is C21H19ClF4N4O4S. The highest BCUT2D eigenvalue weighted by atomic mass is 35.5. The molecule has 4 rings (SSSR count). The SMILES string of the molecule is O=S(=O)(CCC(F)(F)F)Nc1cccc(-c2nc(C3CCOCC3)oc2-c2ccnc(Cl)n2)c1F. The quantitative estimate of drug-likeness (QED) is 0.329. The zero-order valence-electron chi connectivity index (χ0n) is 18.0. The van der Waals surface area contributed by atoms with Gasteiger partial charge in [-0.15, -0.1) is 0 Å². The zero-order chi connectivity index (χ0) is 25.2. The van der Waals surface area contributed by atoms with Crippen LogP contribution in [0.25, 0.3) is 22.7 Å². The average molecular weight is 535 g/mol. The van der Waals surface area contributed by atoms with E-state index in [9.17, 15) is 21.6 Å². The lowest BCUT2D eigenvalue weighted by Crippen LogP contribution is -2.22. The van der Waals surface area contributed by atoms with Crippen molar-refractivity contribution in [2.45, 2.75) is 31.4 Å². The number of halogens is 5. The summed E-state index contributed by atoms with van der Waals surface area (Å²) in [5.41, 5.74) is -0.392. The number of nitrogens with one attached hydrogen (secondary N) is 1. The molecular weight excluding hydrogens is 516 g/mol. The highest BCUT2D eigenvalue weighted by molar-refractivity contribution is 7.92. The van der Waals surface area contributed by atoms with Gasteiger partial charge in [0.05, 0.1) is 17.9 Å². The van der Waals surface area contributed by atoms with Crippen molar-refractivity contribution in [1.29, 1.82) is 0 Å². The fourth-order valence-electron chi connectivity index (χ4n) is 3.54. The van der Waals surface area contributed by atoms with Gasteiger partial charge in [0.1, 0.15) is 11.4 Å². The lowest BCUT2D eigenvalue weighted by atomic mass is 10.0. The van der Waals surface area contributed by atoms with Crippen molar-refractivity contribution in [3.63, 3.8) is 0 Å². The molecule has 1 fully saturated rings. The normalized spacial score (nSPS) is 15.3. The van der Waals surface area contributed by atoms with Crippen molar-refractivity contribution in [2.24, 2.45) is 0 Å². The van der Waals surface area contributed by atoms with Gasteiger partial charge in [-0.2, -0.15) is 13.2 Å². The predicted octanol–water partition coefficient (Wildman–Crippen LogP) is 5.18. The Balaban J connectivity index is 1.74. The van der Waals surface area contributed by atoms with Crippen LogP contribution in [0.1, 0.15) is 31.1 Å². The summed E-state index contributed by atoms with van der Waals surface area (Å²) in [5, 5.41) is -0.0795. The molecule has 3 aromatic rings. The van der Waals surface area contributed by atoms with Crippen LogP contribution in [-0.2, 0) is 14.8 Å².